The van der Waals surface area contributed by atoms with E-state index in [9.17, 15) is 0 Å². The molecule has 1 aliphatic heterocycles. The van der Waals surface area contributed by atoms with Gasteiger partial charge in [-0.25, -0.2) is 5.43 Å². The lowest BCUT2D eigenvalue weighted by atomic mass is 10.0. The first-order valence-electron chi connectivity index (χ1n) is 7.09. The van der Waals surface area contributed by atoms with Crippen LogP contribution in [0.25, 0.3) is 0 Å². The second-order valence-electron chi connectivity index (χ2n) is 4.95. The minimum absolute atomic E-state index is 0.0240. The Labute approximate surface area is 120 Å². The van der Waals surface area contributed by atoms with E-state index in [4.69, 9.17) is 15.3 Å². The molecule has 20 heavy (non-hydrogen) atoms. The van der Waals surface area contributed by atoms with Gasteiger partial charge in [0.1, 0.15) is 11.4 Å². The third kappa shape index (κ3) is 3.46. The molecule has 1 aromatic heterocycles. The zero-order valence-corrected chi connectivity index (χ0v) is 12.2. The number of nitrogens with zero attached hydrogens (tertiary/aromatic N) is 2. The minimum Gasteiger partial charge on any atom is -0.495 e. The predicted octanol–water partition coefficient (Wildman–Crippen LogP) is 0.705. The van der Waals surface area contributed by atoms with Crippen molar-refractivity contribution in [2.24, 2.45) is 5.84 Å². The number of aromatic nitrogens is 1. The fourth-order valence-corrected chi connectivity index (χ4v) is 2.62. The molecule has 0 bridgehead atoms. The first kappa shape index (κ1) is 15.2. The van der Waals surface area contributed by atoms with Crippen molar-refractivity contribution in [2.75, 3.05) is 33.4 Å². The zero-order valence-electron chi connectivity index (χ0n) is 12.2. The van der Waals surface area contributed by atoms with Gasteiger partial charge in [-0.1, -0.05) is 6.92 Å². The summed E-state index contributed by atoms with van der Waals surface area (Å²) in [5.74, 6) is 6.46. The van der Waals surface area contributed by atoms with Crippen LogP contribution in [-0.2, 0) is 4.74 Å². The van der Waals surface area contributed by atoms with Gasteiger partial charge in [-0.3, -0.25) is 15.7 Å². The normalized spacial score (nSPS) is 21.6. The first-order valence-corrected chi connectivity index (χ1v) is 7.09. The summed E-state index contributed by atoms with van der Waals surface area (Å²) in [6.07, 6.45) is 2.86. The second kappa shape index (κ2) is 7.54. The van der Waals surface area contributed by atoms with Crippen LogP contribution in [0.3, 0.4) is 0 Å². The summed E-state index contributed by atoms with van der Waals surface area (Å²) in [4.78, 5) is 6.80. The fraction of sp³-hybridized carbons (Fsp3) is 0.643. The molecule has 0 amide bonds. The Bertz CT molecular complexity index is 414. The van der Waals surface area contributed by atoms with E-state index in [1.54, 1.807) is 13.3 Å². The molecule has 1 fully saturated rings. The summed E-state index contributed by atoms with van der Waals surface area (Å²) in [7, 11) is 1.64. The SMILES string of the molecule is CCCN1CCOC(C(NN)c2ncccc2OC)C1. The maximum atomic E-state index is 5.88. The van der Waals surface area contributed by atoms with Crippen LogP contribution < -0.4 is 16.0 Å². The highest BCUT2D eigenvalue weighted by molar-refractivity contribution is 5.30. The van der Waals surface area contributed by atoms with Crippen molar-refractivity contribution < 1.29 is 9.47 Å². The number of hydrazine groups is 1. The third-order valence-corrected chi connectivity index (χ3v) is 3.58. The van der Waals surface area contributed by atoms with Crippen molar-refractivity contribution in [1.82, 2.24) is 15.3 Å². The molecule has 2 heterocycles. The van der Waals surface area contributed by atoms with Crippen LogP contribution >= 0.6 is 0 Å². The van der Waals surface area contributed by atoms with Crippen LogP contribution in [0.15, 0.2) is 18.3 Å². The van der Waals surface area contributed by atoms with E-state index in [0.29, 0.717) is 0 Å². The van der Waals surface area contributed by atoms with E-state index < -0.39 is 0 Å². The van der Waals surface area contributed by atoms with Crippen molar-refractivity contribution in [3.63, 3.8) is 0 Å². The second-order valence-corrected chi connectivity index (χ2v) is 4.95. The van der Waals surface area contributed by atoms with Gasteiger partial charge < -0.3 is 9.47 Å². The molecule has 6 nitrogen and oxygen atoms in total. The highest BCUT2D eigenvalue weighted by atomic mass is 16.5. The van der Waals surface area contributed by atoms with E-state index in [1.807, 2.05) is 12.1 Å². The molecule has 0 radical (unpaired) electrons. The van der Waals surface area contributed by atoms with Crippen molar-refractivity contribution in [3.05, 3.63) is 24.0 Å². The number of nitrogens with one attached hydrogen (secondary N) is 1. The Kier molecular flexibility index (Phi) is 5.72. The Hall–Kier alpha value is -1.21. The lowest BCUT2D eigenvalue weighted by molar-refractivity contribution is -0.0480. The number of methoxy groups -OCH3 is 1. The number of nitrogens with two attached hydrogens (primary N) is 1. The number of ether oxygens (including phenoxy) is 2. The van der Waals surface area contributed by atoms with Crippen LogP contribution in [0.4, 0.5) is 0 Å². The monoisotopic (exact) mass is 280 g/mol. The number of hydrogen-bond acceptors (Lipinski definition) is 6. The smallest absolute Gasteiger partial charge is 0.142 e. The average Bonchev–Trinajstić information content (AvgIpc) is 2.49. The highest BCUT2D eigenvalue weighted by Crippen LogP contribution is 2.27. The van der Waals surface area contributed by atoms with Gasteiger partial charge >= 0.3 is 0 Å². The number of morpholine rings is 1. The Morgan fingerprint density at radius 2 is 2.50 bits per heavy atom. The Balaban J connectivity index is 2.14. The summed E-state index contributed by atoms with van der Waals surface area (Å²) in [5, 5.41) is 0. The molecule has 0 aliphatic carbocycles. The molecule has 2 unspecified atom stereocenters. The average molecular weight is 280 g/mol. The topological polar surface area (TPSA) is 72.6 Å². The highest BCUT2D eigenvalue weighted by Gasteiger charge is 2.31. The summed E-state index contributed by atoms with van der Waals surface area (Å²) in [6.45, 7) is 5.81. The van der Waals surface area contributed by atoms with Gasteiger partial charge in [0.25, 0.3) is 0 Å². The summed E-state index contributed by atoms with van der Waals surface area (Å²) in [6, 6.07) is 3.56. The molecular formula is C14H24N4O2. The predicted molar refractivity (Wildman–Crippen MR) is 77.3 cm³/mol. The van der Waals surface area contributed by atoms with E-state index in [0.717, 1.165) is 44.1 Å². The molecule has 1 aromatic rings. The third-order valence-electron chi connectivity index (χ3n) is 3.58. The summed E-state index contributed by atoms with van der Waals surface area (Å²) >= 11 is 0. The Morgan fingerprint density at radius 3 is 3.20 bits per heavy atom. The Morgan fingerprint density at radius 1 is 1.65 bits per heavy atom. The summed E-state index contributed by atoms with van der Waals surface area (Å²) in [5.41, 5.74) is 3.62. The van der Waals surface area contributed by atoms with Crippen LogP contribution in [0.2, 0.25) is 0 Å². The molecule has 0 saturated carbocycles. The molecule has 3 N–H and O–H groups in total. The number of hydrogen-bond donors (Lipinski definition) is 2. The summed E-state index contributed by atoms with van der Waals surface area (Å²) < 4.78 is 11.2. The molecule has 6 heteroatoms. The van der Waals surface area contributed by atoms with Crippen molar-refractivity contribution in [1.29, 1.82) is 0 Å². The maximum absolute atomic E-state index is 5.88. The number of rotatable bonds is 6. The molecule has 1 saturated heterocycles. The van der Waals surface area contributed by atoms with E-state index >= 15 is 0 Å². The molecular weight excluding hydrogens is 256 g/mol. The van der Waals surface area contributed by atoms with Crippen LogP contribution in [0, 0.1) is 0 Å². The van der Waals surface area contributed by atoms with Crippen LogP contribution in [-0.4, -0.2) is 49.3 Å². The van der Waals surface area contributed by atoms with Crippen molar-refractivity contribution in [3.8, 4) is 5.75 Å². The maximum Gasteiger partial charge on any atom is 0.142 e. The van der Waals surface area contributed by atoms with Gasteiger partial charge in [0.2, 0.25) is 0 Å². The molecule has 2 atom stereocenters. The van der Waals surface area contributed by atoms with E-state index in [2.05, 4.69) is 22.2 Å². The lowest BCUT2D eigenvalue weighted by Gasteiger charge is -2.36. The number of pyridine rings is 1. The van der Waals surface area contributed by atoms with E-state index in [-0.39, 0.29) is 12.1 Å². The van der Waals surface area contributed by atoms with Gasteiger partial charge in [-0.15, -0.1) is 0 Å². The van der Waals surface area contributed by atoms with E-state index in [1.165, 1.54) is 0 Å². The molecule has 1 aliphatic rings. The van der Waals surface area contributed by atoms with Gasteiger partial charge in [0, 0.05) is 19.3 Å². The van der Waals surface area contributed by atoms with Crippen molar-refractivity contribution >= 4 is 0 Å². The van der Waals surface area contributed by atoms with Gasteiger partial charge in [-0.2, -0.15) is 0 Å². The van der Waals surface area contributed by atoms with Crippen LogP contribution in [0.1, 0.15) is 25.1 Å². The van der Waals surface area contributed by atoms with Crippen LogP contribution in [0.5, 0.6) is 5.75 Å². The first-order chi connectivity index (χ1) is 9.80. The largest absolute Gasteiger partial charge is 0.495 e. The molecule has 0 aromatic carbocycles. The molecule has 2 rings (SSSR count). The van der Waals surface area contributed by atoms with Gasteiger partial charge in [0.05, 0.1) is 25.9 Å². The minimum atomic E-state index is -0.175. The standard InChI is InChI=1S/C14H24N4O2/c1-3-7-18-8-9-20-12(10-18)14(17-15)13-11(19-2)5-4-6-16-13/h4-6,12,14,17H,3,7-10,15H2,1-2H3. The molecule has 112 valence electrons. The lowest BCUT2D eigenvalue weighted by Crippen LogP contribution is -2.50. The zero-order chi connectivity index (χ0) is 14.4. The van der Waals surface area contributed by atoms with Gasteiger partial charge in [0.15, 0.2) is 0 Å². The van der Waals surface area contributed by atoms with Gasteiger partial charge in [-0.05, 0) is 25.1 Å². The quantitative estimate of drug-likeness (QED) is 0.590. The molecule has 0 spiro atoms. The fourth-order valence-electron chi connectivity index (χ4n) is 2.62. The van der Waals surface area contributed by atoms with Crippen molar-refractivity contribution in [2.45, 2.75) is 25.5 Å².